The van der Waals surface area contributed by atoms with Crippen molar-refractivity contribution in [2.75, 3.05) is 13.1 Å². The molecule has 0 saturated carbocycles. The van der Waals surface area contributed by atoms with Crippen molar-refractivity contribution < 1.29 is 15.0 Å². The standard InChI is InChI=1S/C12H18N2O3/c1-8(2)14(4-3-13)12(17)9-5-10(15)7-11(16)6-9/h5-8,15-16H,3-4,13H2,1-2H3. The van der Waals surface area contributed by atoms with E-state index in [-0.39, 0.29) is 29.0 Å². The zero-order valence-corrected chi connectivity index (χ0v) is 10.1. The maximum Gasteiger partial charge on any atom is 0.254 e. The number of carbonyl (C=O) groups excluding carboxylic acids is 1. The number of nitrogens with two attached hydrogens (primary N) is 1. The summed E-state index contributed by atoms with van der Waals surface area (Å²) < 4.78 is 0. The number of hydrogen-bond donors (Lipinski definition) is 3. The minimum absolute atomic E-state index is 0.00976. The highest BCUT2D eigenvalue weighted by atomic mass is 16.3. The van der Waals surface area contributed by atoms with Gasteiger partial charge in [0.05, 0.1) is 0 Å². The third-order valence-electron chi connectivity index (χ3n) is 2.40. The normalized spacial score (nSPS) is 10.6. The molecule has 17 heavy (non-hydrogen) atoms. The number of nitrogens with zero attached hydrogens (tertiary/aromatic N) is 1. The van der Waals surface area contributed by atoms with E-state index in [2.05, 4.69) is 0 Å². The van der Waals surface area contributed by atoms with Crippen LogP contribution >= 0.6 is 0 Å². The predicted molar refractivity (Wildman–Crippen MR) is 65.0 cm³/mol. The fraction of sp³-hybridized carbons (Fsp3) is 0.417. The molecule has 5 heteroatoms. The lowest BCUT2D eigenvalue weighted by atomic mass is 10.1. The van der Waals surface area contributed by atoms with Gasteiger partial charge >= 0.3 is 0 Å². The maximum absolute atomic E-state index is 12.1. The molecular weight excluding hydrogens is 220 g/mol. The molecular formula is C12H18N2O3. The zero-order valence-electron chi connectivity index (χ0n) is 10.1. The summed E-state index contributed by atoms with van der Waals surface area (Å²) in [7, 11) is 0. The monoisotopic (exact) mass is 238 g/mol. The van der Waals surface area contributed by atoms with Gasteiger partial charge in [0.2, 0.25) is 0 Å². The first-order valence-electron chi connectivity index (χ1n) is 5.49. The molecule has 0 aliphatic rings. The number of hydrogen-bond acceptors (Lipinski definition) is 4. The molecule has 0 heterocycles. The highest BCUT2D eigenvalue weighted by molar-refractivity contribution is 5.95. The number of aromatic hydroxyl groups is 2. The van der Waals surface area contributed by atoms with Gasteiger partial charge < -0.3 is 20.8 Å². The Morgan fingerprint density at radius 2 is 1.82 bits per heavy atom. The minimum atomic E-state index is -0.253. The van der Waals surface area contributed by atoms with Crippen LogP contribution < -0.4 is 5.73 Å². The molecule has 4 N–H and O–H groups in total. The lowest BCUT2D eigenvalue weighted by Crippen LogP contribution is -2.40. The van der Waals surface area contributed by atoms with Crippen LogP contribution in [0.4, 0.5) is 0 Å². The van der Waals surface area contributed by atoms with Gasteiger partial charge in [0.25, 0.3) is 5.91 Å². The molecule has 1 aromatic rings. The number of phenolic OH excluding ortho intramolecular Hbond substituents is 2. The third-order valence-corrected chi connectivity index (χ3v) is 2.40. The molecule has 0 spiro atoms. The van der Waals surface area contributed by atoms with E-state index in [0.29, 0.717) is 13.1 Å². The summed E-state index contributed by atoms with van der Waals surface area (Å²) in [5.41, 5.74) is 5.70. The minimum Gasteiger partial charge on any atom is -0.508 e. The van der Waals surface area contributed by atoms with Gasteiger partial charge in [0, 0.05) is 30.8 Å². The van der Waals surface area contributed by atoms with E-state index in [1.165, 1.54) is 18.2 Å². The van der Waals surface area contributed by atoms with E-state index >= 15 is 0 Å². The van der Waals surface area contributed by atoms with Crippen LogP contribution in [-0.2, 0) is 0 Å². The van der Waals surface area contributed by atoms with Gasteiger partial charge in [0.15, 0.2) is 0 Å². The molecule has 0 bridgehead atoms. The lowest BCUT2D eigenvalue weighted by Gasteiger charge is -2.26. The number of benzene rings is 1. The Balaban J connectivity index is 3.00. The molecule has 1 amide bonds. The smallest absolute Gasteiger partial charge is 0.254 e. The highest BCUT2D eigenvalue weighted by Crippen LogP contribution is 2.21. The van der Waals surface area contributed by atoms with Crippen LogP contribution in [0, 0.1) is 0 Å². The van der Waals surface area contributed by atoms with Crippen LogP contribution in [-0.4, -0.2) is 40.2 Å². The molecule has 0 fully saturated rings. The molecule has 0 atom stereocenters. The van der Waals surface area contributed by atoms with Crippen LogP contribution in [0.2, 0.25) is 0 Å². The van der Waals surface area contributed by atoms with Gasteiger partial charge in [-0.1, -0.05) is 0 Å². The largest absolute Gasteiger partial charge is 0.508 e. The summed E-state index contributed by atoms with van der Waals surface area (Å²) in [5, 5.41) is 18.7. The summed E-state index contributed by atoms with van der Waals surface area (Å²) in [6.45, 7) is 4.58. The van der Waals surface area contributed by atoms with Crippen molar-refractivity contribution >= 4 is 5.91 Å². The molecule has 0 unspecified atom stereocenters. The van der Waals surface area contributed by atoms with Crippen molar-refractivity contribution in [2.45, 2.75) is 19.9 Å². The second-order valence-corrected chi connectivity index (χ2v) is 4.12. The maximum atomic E-state index is 12.1. The fourth-order valence-corrected chi connectivity index (χ4v) is 1.62. The van der Waals surface area contributed by atoms with Gasteiger partial charge in [-0.05, 0) is 26.0 Å². The van der Waals surface area contributed by atoms with E-state index in [9.17, 15) is 15.0 Å². The van der Waals surface area contributed by atoms with Crippen LogP contribution in [0.3, 0.4) is 0 Å². The van der Waals surface area contributed by atoms with Gasteiger partial charge in [-0.15, -0.1) is 0 Å². The summed E-state index contributed by atoms with van der Waals surface area (Å²) in [6, 6.07) is 3.84. The van der Waals surface area contributed by atoms with Gasteiger partial charge in [0.1, 0.15) is 11.5 Å². The van der Waals surface area contributed by atoms with Crippen LogP contribution in [0.25, 0.3) is 0 Å². The number of rotatable bonds is 4. The Bertz CT molecular complexity index is 384. The molecule has 1 rings (SSSR count). The Labute approximate surface area is 100 Å². The van der Waals surface area contributed by atoms with E-state index in [4.69, 9.17) is 5.73 Å². The Kier molecular flexibility index (Phi) is 4.34. The zero-order chi connectivity index (χ0) is 13.0. The molecule has 94 valence electrons. The summed E-state index contributed by atoms with van der Waals surface area (Å²) in [5.74, 6) is -0.522. The van der Waals surface area contributed by atoms with Crippen molar-refractivity contribution in [3.63, 3.8) is 0 Å². The number of phenols is 2. The molecule has 0 saturated heterocycles. The van der Waals surface area contributed by atoms with E-state index in [0.717, 1.165) is 0 Å². The van der Waals surface area contributed by atoms with Gasteiger partial charge in [-0.3, -0.25) is 4.79 Å². The van der Waals surface area contributed by atoms with Crippen molar-refractivity contribution in [3.8, 4) is 11.5 Å². The second kappa shape index (κ2) is 5.54. The number of amides is 1. The van der Waals surface area contributed by atoms with Crippen molar-refractivity contribution in [1.82, 2.24) is 4.90 Å². The van der Waals surface area contributed by atoms with Crippen molar-refractivity contribution in [3.05, 3.63) is 23.8 Å². The van der Waals surface area contributed by atoms with Crippen LogP contribution in [0.1, 0.15) is 24.2 Å². The SMILES string of the molecule is CC(C)N(CCN)C(=O)c1cc(O)cc(O)c1. The first-order chi connectivity index (χ1) is 7.95. The molecule has 1 aromatic carbocycles. The van der Waals surface area contributed by atoms with Crippen molar-refractivity contribution in [2.24, 2.45) is 5.73 Å². The highest BCUT2D eigenvalue weighted by Gasteiger charge is 2.18. The predicted octanol–water partition coefficient (Wildman–Crippen LogP) is 0.907. The molecule has 0 aliphatic carbocycles. The van der Waals surface area contributed by atoms with Crippen LogP contribution in [0.5, 0.6) is 11.5 Å². The van der Waals surface area contributed by atoms with E-state index in [1.807, 2.05) is 13.8 Å². The molecule has 0 aromatic heterocycles. The van der Waals surface area contributed by atoms with Crippen LogP contribution in [0.15, 0.2) is 18.2 Å². The molecule has 5 nitrogen and oxygen atoms in total. The lowest BCUT2D eigenvalue weighted by molar-refractivity contribution is 0.0711. The number of carbonyl (C=O) groups is 1. The second-order valence-electron chi connectivity index (χ2n) is 4.12. The van der Waals surface area contributed by atoms with Gasteiger partial charge in [-0.25, -0.2) is 0 Å². The van der Waals surface area contributed by atoms with E-state index in [1.54, 1.807) is 4.90 Å². The Morgan fingerprint density at radius 3 is 2.24 bits per heavy atom. The molecule has 0 aliphatic heterocycles. The van der Waals surface area contributed by atoms with E-state index < -0.39 is 0 Å². The third kappa shape index (κ3) is 3.35. The van der Waals surface area contributed by atoms with Crippen molar-refractivity contribution in [1.29, 1.82) is 0 Å². The Hall–Kier alpha value is -1.75. The average molecular weight is 238 g/mol. The fourth-order valence-electron chi connectivity index (χ4n) is 1.62. The topological polar surface area (TPSA) is 86.8 Å². The first-order valence-corrected chi connectivity index (χ1v) is 5.49. The average Bonchev–Trinajstić information content (AvgIpc) is 2.23. The molecule has 0 radical (unpaired) electrons. The summed E-state index contributed by atoms with van der Waals surface area (Å²) >= 11 is 0. The Morgan fingerprint density at radius 1 is 1.29 bits per heavy atom. The first kappa shape index (κ1) is 13.3. The van der Waals surface area contributed by atoms with Gasteiger partial charge in [-0.2, -0.15) is 0 Å². The summed E-state index contributed by atoms with van der Waals surface area (Å²) in [6.07, 6.45) is 0. The summed E-state index contributed by atoms with van der Waals surface area (Å²) in [4.78, 5) is 13.7. The quantitative estimate of drug-likeness (QED) is 0.727.